The van der Waals surface area contributed by atoms with Gasteiger partial charge in [-0.05, 0) is 39.0 Å². The number of nitrogens with one attached hydrogen (secondary N) is 1. The van der Waals surface area contributed by atoms with Crippen LogP contribution in [0.25, 0.3) is 0 Å². The molecule has 3 nitrogen and oxygen atoms in total. The zero-order chi connectivity index (χ0) is 14.6. The van der Waals surface area contributed by atoms with E-state index in [-0.39, 0.29) is 11.0 Å². The van der Waals surface area contributed by atoms with Crippen LogP contribution < -0.4 is 5.32 Å². The summed E-state index contributed by atoms with van der Waals surface area (Å²) in [6.07, 6.45) is 3.20. The van der Waals surface area contributed by atoms with Gasteiger partial charge in [0.25, 0.3) is 0 Å². The summed E-state index contributed by atoms with van der Waals surface area (Å²) in [5.74, 6) is -0.747. The highest BCUT2D eigenvalue weighted by atomic mass is 16.4. The summed E-state index contributed by atoms with van der Waals surface area (Å²) < 4.78 is 0. The molecule has 0 saturated heterocycles. The quantitative estimate of drug-likeness (QED) is 0.697. The Morgan fingerprint density at radius 2 is 1.56 bits per heavy atom. The Morgan fingerprint density at radius 3 is 1.89 bits per heavy atom. The van der Waals surface area contributed by atoms with Gasteiger partial charge in [0, 0.05) is 12.1 Å². The molecule has 0 aromatic carbocycles. The van der Waals surface area contributed by atoms with Crippen molar-refractivity contribution in [3.63, 3.8) is 0 Å². The molecule has 1 unspecified atom stereocenters. The Labute approximate surface area is 112 Å². The van der Waals surface area contributed by atoms with Crippen molar-refractivity contribution >= 4 is 5.97 Å². The molecular weight excluding hydrogens is 226 g/mol. The maximum atomic E-state index is 11.1. The summed E-state index contributed by atoms with van der Waals surface area (Å²) in [7, 11) is 0. The Kier molecular flexibility index (Phi) is 5.86. The van der Waals surface area contributed by atoms with E-state index in [0.717, 1.165) is 19.3 Å². The van der Waals surface area contributed by atoms with E-state index in [2.05, 4.69) is 39.9 Å². The van der Waals surface area contributed by atoms with Gasteiger partial charge < -0.3 is 10.4 Å². The van der Waals surface area contributed by atoms with Gasteiger partial charge in [-0.25, -0.2) is 0 Å². The van der Waals surface area contributed by atoms with E-state index in [9.17, 15) is 4.79 Å². The van der Waals surface area contributed by atoms with E-state index in [1.165, 1.54) is 0 Å². The third kappa shape index (κ3) is 5.38. The molecule has 0 amide bonds. The average molecular weight is 257 g/mol. The number of aliphatic carboxylic acids is 1. The summed E-state index contributed by atoms with van der Waals surface area (Å²) >= 11 is 0. The zero-order valence-corrected chi connectivity index (χ0v) is 13.2. The Morgan fingerprint density at radius 1 is 1.06 bits per heavy atom. The lowest BCUT2D eigenvalue weighted by Gasteiger charge is -2.39. The molecule has 3 heteroatoms. The van der Waals surface area contributed by atoms with Crippen LogP contribution in [0.3, 0.4) is 0 Å². The van der Waals surface area contributed by atoms with Gasteiger partial charge in [0.2, 0.25) is 0 Å². The van der Waals surface area contributed by atoms with E-state index >= 15 is 0 Å². The van der Waals surface area contributed by atoms with Crippen LogP contribution in [-0.2, 0) is 4.79 Å². The van der Waals surface area contributed by atoms with Gasteiger partial charge in [-0.2, -0.15) is 0 Å². The van der Waals surface area contributed by atoms with Crippen molar-refractivity contribution in [1.82, 2.24) is 5.32 Å². The molecule has 0 aliphatic carbocycles. The first kappa shape index (κ1) is 17.4. The molecule has 1 atom stereocenters. The van der Waals surface area contributed by atoms with Crippen LogP contribution in [0.4, 0.5) is 0 Å². The number of carboxylic acids is 1. The minimum atomic E-state index is -0.747. The fourth-order valence-corrected chi connectivity index (χ4v) is 2.00. The van der Waals surface area contributed by atoms with E-state index in [1.54, 1.807) is 13.8 Å². The SMILES string of the molecule is CCC(C)(C)CC(C)(CC)NCC(C)(C)C(=O)O. The molecule has 0 radical (unpaired) electrons. The molecule has 0 saturated carbocycles. The monoisotopic (exact) mass is 257 g/mol. The highest BCUT2D eigenvalue weighted by Gasteiger charge is 2.34. The van der Waals surface area contributed by atoms with Gasteiger partial charge in [0.15, 0.2) is 0 Å². The first-order valence-corrected chi connectivity index (χ1v) is 6.96. The molecule has 108 valence electrons. The van der Waals surface area contributed by atoms with Gasteiger partial charge >= 0.3 is 5.97 Å². The van der Waals surface area contributed by atoms with Crippen molar-refractivity contribution in [1.29, 1.82) is 0 Å². The molecule has 0 spiro atoms. The Hall–Kier alpha value is -0.570. The summed E-state index contributed by atoms with van der Waals surface area (Å²) in [5.41, 5.74) is -0.426. The van der Waals surface area contributed by atoms with E-state index < -0.39 is 11.4 Å². The number of carboxylic acid groups (broad SMARTS) is 1. The Bertz CT molecular complexity index is 284. The summed E-state index contributed by atoms with van der Waals surface area (Å²) in [6.45, 7) is 15.1. The van der Waals surface area contributed by atoms with Crippen molar-refractivity contribution in [3.8, 4) is 0 Å². The molecular formula is C15H31NO2. The van der Waals surface area contributed by atoms with Gasteiger partial charge in [0.1, 0.15) is 0 Å². The first-order chi connectivity index (χ1) is 7.98. The van der Waals surface area contributed by atoms with Gasteiger partial charge in [0.05, 0.1) is 5.41 Å². The second kappa shape index (κ2) is 6.05. The molecule has 2 N–H and O–H groups in total. The lowest BCUT2D eigenvalue weighted by Crippen LogP contribution is -2.50. The van der Waals surface area contributed by atoms with Crippen LogP contribution in [0.15, 0.2) is 0 Å². The van der Waals surface area contributed by atoms with Crippen LogP contribution in [0.1, 0.15) is 67.7 Å². The highest BCUT2D eigenvalue weighted by molar-refractivity contribution is 5.73. The molecule has 0 aromatic rings. The lowest BCUT2D eigenvalue weighted by molar-refractivity contribution is -0.146. The molecule has 0 aliphatic rings. The molecule has 0 bridgehead atoms. The molecule has 0 aliphatic heterocycles. The summed E-state index contributed by atoms with van der Waals surface area (Å²) in [6, 6.07) is 0. The van der Waals surface area contributed by atoms with Crippen LogP contribution >= 0.6 is 0 Å². The predicted octanol–water partition coefficient (Wildman–Crippen LogP) is 3.68. The van der Waals surface area contributed by atoms with Crippen molar-refractivity contribution in [2.45, 2.75) is 73.3 Å². The van der Waals surface area contributed by atoms with Crippen LogP contribution in [0, 0.1) is 10.8 Å². The molecule has 0 rings (SSSR count). The molecule has 0 aromatic heterocycles. The summed E-state index contributed by atoms with van der Waals surface area (Å²) in [4.78, 5) is 11.1. The van der Waals surface area contributed by atoms with E-state index in [1.807, 2.05) is 0 Å². The number of hydrogen-bond acceptors (Lipinski definition) is 2. The second-order valence-electron chi connectivity index (χ2n) is 7.15. The van der Waals surface area contributed by atoms with Crippen molar-refractivity contribution in [2.24, 2.45) is 10.8 Å². The maximum Gasteiger partial charge on any atom is 0.310 e. The first-order valence-electron chi connectivity index (χ1n) is 6.96. The number of hydrogen-bond donors (Lipinski definition) is 2. The van der Waals surface area contributed by atoms with Crippen molar-refractivity contribution in [3.05, 3.63) is 0 Å². The standard InChI is InChI=1S/C15H31NO2/c1-8-13(3,4)10-15(7,9-2)16-11-14(5,6)12(17)18/h16H,8-11H2,1-7H3,(H,17,18). The largest absolute Gasteiger partial charge is 0.481 e. The fraction of sp³-hybridized carbons (Fsp3) is 0.933. The van der Waals surface area contributed by atoms with Gasteiger partial charge in [-0.15, -0.1) is 0 Å². The topological polar surface area (TPSA) is 49.3 Å². The maximum absolute atomic E-state index is 11.1. The highest BCUT2D eigenvalue weighted by Crippen LogP contribution is 2.33. The van der Waals surface area contributed by atoms with E-state index in [0.29, 0.717) is 6.54 Å². The normalized spacial score (nSPS) is 16.4. The zero-order valence-electron chi connectivity index (χ0n) is 13.2. The molecule has 0 heterocycles. The lowest BCUT2D eigenvalue weighted by atomic mass is 9.76. The minimum absolute atomic E-state index is 0.00618. The number of rotatable bonds is 8. The van der Waals surface area contributed by atoms with Gasteiger partial charge in [-0.1, -0.05) is 34.1 Å². The van der Waals surface area contributed by atoms with Crippen molar-refractivity contribution < 1.29 is 9.90 Å². The van der Waals surface area contributed by atoms with Crippen LogP contribution in [0.5, 0.6) is 0 Å². The predicted molar refractivity (Wildman–Crippen MR) is 76.8 cm³/mol. The van der Waals surface area contributed by atoms with Gasteiger partial charge in [-0.3, -0.25) is 4.79 Å². The third-order valence-electron chi connectivity index (χ3n) is 4.14. The number of carbonyl (C=O) groups is 1. The van der Waals surface area contributed by atoms with Crippen LogP contribution in [-0.4, -0.2) is 23.2 Å². The molecule has 18 heavy (non-hydrogen) atoms. The second-order valence-corrected chi connectivity index (χ2v) is 7.15. The minimum Gasteiger partial charge on any atom is -0.481 e. The van der Waals surface area contributed by atoms with Crippen molar-refractivity contribution in [2.75, 3.05) is 6.54 Å². The van der Waals surface area contributed by atoms with Crippen LogP contribution in [0.2, 0.25) is 0 Å². The summed E-state index contributed by atoms with van der Waals surface area (Å²) in [5, 5.41) is 12.6. The Balaban J connectivity index is 4.64. The smallest absolute Gasteiger partial charge is 0.310 e. The molecule has 0 fully saturated rings. The fourth-order valence-electron chi connectivity index (χ4n) is 2.00. The van der Waals surface area contributed by atoms with E-state index in [4.69, 9.17) is 5.11 Å². The third-order valence-corrected chi connectivity index (χ3v) is 4.14. The average Bonchev–Trinajstić information content (AvgIpc) is 2.26.